The van der Waals surface area contributed by atoms with Crippen molar-refractivity contribution in [1.82, 2.24) is 15.1 Å². The summed E-state index contributed by atoms with van der Waals surface area (Å²) in [6, 6.07) is 8.13. The fourth-order valence-electron chi connectivity index (χ4n) is 6.59. The molecule has 0 bridgehead atoms. The van der Waals surface area contributed by atoms with Crippen LogP contribution in [0, 0.1) is 13.8 Å². The SMILES string of the molecule is Cc1cc(C)c(C2CCN(CCCCC(=O)Nc3cccc4c3C(=O)N(C3CCC(=O)NC3=O)C4=O)CC2)cc1OC(C)C. The predicted molar refractivity (Wildman–Crippen MR) is 166 cm³/mol. The van der Waals surface area contributed by atoms with Gasteiger partial charge in [0.15, 0.2) is 0 Å². The summed E-state index contributed by atoms with van der Waals surface area (Å²) < 4.78 is 6.04. The minimum Gasteiger partial charge on any atom is -0.491 e. The van der Waals surface area contributed by atoms with Crippen molar-refractivity contribution >= 4 is 35.2 Å². The average Bonchev–Trinajstić information content (AvgIpc) is 3.23. The molecule has 10 nitrogen and oxygen atoms in total. The van der Waals surface area contributed by atoms with Gasteiger partial charge in [0.1, 0.15) is 11.8 Å². The molecule has 1 atom stereocenters. The molecule has 0 aromatic heterocycles. The maximum atomic E-state index is 13.3. The molecule has 2 aromatic rings. The Morgan fingerprint density at radius 3 is 2.45 bits per heavy atom. The Morgan fingerprint density at radius 1 is 1.00 bits per heavy atom. The highest BCUT2D eigenvalue weighted by Gasteiger charge is 2.45. The number of rotatable bonds is 10. The third kappa shape index (κ3) is 6.70. The molecular formula is C34H42N4O6. The number of aryl methyl sites for hydroxylation is 2. The first-order chi connectivity index (χ1) is 21.0. The molecule has 234 valence electrons. The van der Waals surface area contributed by atoms with Crippen LogP contribution in [0.2, 0.25) is 0 Å². The van der Waals surface area contributed by atoms with E-state index < -0.39 is 29.7 Å². The highest BCUT2D eigenvalue weighted by molar-refractivity contribution is 6.26. The van der Waals surface area contributed by atoms with E-state index in [1.54, 1.807) is 12.1 Å². The first-order valence-corrected chi connectivity index (χ1v) is 15.7. The van der Waals surface area contributed by atoms with Crippen LogP contribution in [-0.2, 0) is 14.4 Å². The zero-order valence-corrected chi connectivity index (χ0v) is 26.0. The molecule has 2 aromatic carbocycles. The summed E-state index contributed by atoms with van der Waals surface area (Å²) in [4.78, 5) is 66.4. The largest absolute Gasteiger partial charge is 0.491 e. The summed E-state index contributed by atoms with van der Waals surface area (Å²) in [5, 5.41) is 5.00. The Labute approximate surface area is 258 Å². The summed E-state index contributed by atoms with van der Waals surface area (Å²) in [7, 11) is 0. The molecule has 5 rings (SSSR count). The molecular weight excluding hydrogens is 560 g/mol. The molecule has 2 fully saturated rings. The summed E-state index contributed by atoms with van der Waals surface area (Å²) in [6.07, 6.45) is 4.32. The lowest BCUT2D eigenvalue weighted by Gasteiger charge is -2.33. The van der Waals surface area contributed by atoms with Gasteiger partial charge in [-0.15, -0.1) is 0 Å². The lowest BCUT2D eigenvalue weighted by Crippen LogP contribution is -2.54. The van der Waals surface area contributed by atoms with Gasteiger partial charge in [-0.1, -0.05) is 12.1 Å². The number of nitrogens with one attached hydrogen (secondary N) is 2. The Morgan fingerprint density at radius 2 is 1.75 bits per heavy atom. The number of fused-ring (bicyclic) bond motifs is 1. The number of benzene rings is 2. The number of unbranched alkanes of at least 4 members (excludes halogenated alkanes) is 1. The van der Waals surface area contributed by atoms with Gasteiger partial charge in [-0.05, 0) is 120 Å². The van der Waals surface area contributed by atoms with Crippen LogP contribution in [0.4, 0.5) is 5.69 Å². The number of anilines is 1. The Bertz CT molecular complexity index is 1480. The lowest BCUT2D eigenvalue weighted by atomic mass is 9.86. The van der Waals surface area contributed by atoms with E-state index >= 15 is 0 Å². The van der Waals surface area contributed by atoms with E-state index in [-0.39, 0.29) is 41.7 Å². The van der Waals surface area contributed by atoms with Crippen molar-refractivity contribution in [2.75, 3.05) is 25.0 Å². The molecule has 3 aliphatic rings. The molecule has 2 saturated heterocycles. The zero-order chi connectivity index (χ0) is 31.5. The number of carbonyl (C=O) groups excluding carboxylic acids is 5. The van der Waals surface area contributed by atoms with Gasteiger partial charge in [0, 0.05) is 12.8 Å². The Balaban J connectivity index is 1.09. The number of imide groups is 2. The van der Waals surface area contributed by atoms with Crippen molar-refractivity contribution in [1.29, 1.82) is 0 Å². The van der Waals surface area contributed by atoms with E-state index in [0.29, 0.717) is 18.8 Å². The molecule has 0 radical (unpaired) electrons. The fourth-order valence-corrected chi connectivity index (χ4v) is 6.59. The molecule has 1 unspecified atom stereocenters. The molecule has 5 amide bonds. The molecule has 0 saturated carbocycles. The third-order valence-electron chi connectivity index (χ3n) is 8.82. The maximum absolute atomic E-state index is 13.3. The highest BCUT2D eigenvalue weighted by Crippen LogP contribution is 2.35. The van der Waals surface area contributed by atoms with Crippen molar-refractivity contribution in [3.63, 3.8) is 0 Å². The van der Waals surface area contributed by atoms with E-state index in [4.69, 9.17) is 4.74 Å². The number of carbonyl (C=O) groups is 5. The van der Waals surface area contributed by atoms with E-state index in [2.05, 4.69) is 55.4 Å². The lowest BCUT2D eigenvalue weighted by molar-refractivity contribution is -0.136. The second-order valence-corrected chi connectivity index (χ2v) is 12.4. The van der Waals surface area contributed by atoms with Crippen LogP contribution in [-0.4, -0.2) is 71.1 Å². The van der Waals surface area contributed by atoms with Crippen molar-refractivity contribution < 1.29 is 28.7 Å². The van der Waals surface area contributed by atoms with Crippen molar-refractivity contribution in [2.24, 2.45) is 0 Å². The van der Waals surface area contributed by atoms with E-state index in [1.165, 1.54) is 22.8 Å². The van der Waals surface area contributed by atoms with Crippen LogP contribution in [0.3, 0.4) is 0 Å². The van der Waals surface area contributed by atoms with E-state index in [1.807, 2.05) is 0 Å². The average molecular weight is 603 g/mol. The third-order valence-corrected chi connectivity index (χ3v) is 8.82. The maximum Gasteiger partial charge on any atom is 0.264 e. The zero-order valence-electron chi connectivity index (χ0n) is 26.0. The first kappa shape index (κ1) is 31.4. The van der Waals surface area contributed by atoms with Crippen LogP contribution in [0.1, 0.15) is 102 Å². The topological polar surface area (TPSA) is 125 Å². The standard InChI is InChI=1S/C34H42N4O6/c1-20(2)44-28-19-25(21(3)18-22(28)4)23-13-16-37(17-14-23)15-6-5-10-29(39)35-26-9-7-8-24-31(26)34(43)38(33(24)42)27-11-12-30(40)36-32(27)41/h7-9,18-20,23,27H,5-6,10-17H2,1-4H3,(H,35,39)(H,36,40,41). The number of hydrogen-bond acceptors (Lipinski definition) is 7. The number of hydrogen-bond donors (Lipinski definition) is 2. The normalized spacial score (nSPS) is 19.4. The number of ether oxygens (including phenoxy) is 1. The predicted octanol–water partition coefficient (Wildman–Crippen LogP) is 4.48. The van der Waals surface area contributed by atoms with Crippen LogP contribution < -0.4 is 15.4 Å². The molecule has 10 heteroatoms. The summed E-state index contributed by atoms with van der Waals surface area (Å²) in [5.74, 6) is -1.06. The summed E-state index contributed by atoms with van der Waals surface area (Å²) in [5.41, 5.74) is 4.37. The second kappa shape index (κ2) is 13.3. The van der Waals surface area contributed by atoms with Gasteiger partial charge in [-0.2, -0.15) is 0 Å². The van der Waals surface area contributed by atoms with Crippen molar-refractivity contribution in [3.8, 4) is 5.75 Å². The first-order valence-electron chi connectivity index (χ1n) is 15.7. The Kier molecular flexibility index (Phi) is 9.48. The molecule has 3 aliphatic heterocycles. The second-order valence-electron chi connectivity index (χ2n) is 12.4. The fraction of sp³-hybridized carbons (Fsp3) is 0.500. The molecule has 0 aliphatic carbocycles. The smallest absolute Gasteiger partial charge is 0.264 e. The number of likely N-dealkylation sites (tertiary alicyclic amines) is 1. The van der Waals surface area contributed by atoms with Gasteiger partial charge in [0.05, 0.1) is 22.9 Å². The Hall–Kier alpha value is -4.05. The van der Waals surface area contributed by atoms with Crippen LogP contribution >= 0.6 is 0 Å². The highest BCUT2D eigenvalue weighted by atomic mass is 16.5. The van der Waals surface area contributed by atoms with Gasteiger partial charge in [-0.3, -0.25) is 34.2 Å². The minimum absolute atomic E-state index is 0.0482. The number of nitrogens with zero attached hydrogens (tertiary/aromatic N) is 2. The van der Waals surface area contributed by atoms with E-state index in [0.717, 1.165) is 49.5 Å². The van der Waals surface area contributed by atoms with Crippen LogP contribution in [0.15, 0.2) is 30.3 Å². The van der Waals surface area contributed by atoms with Gasteiger partial charge >= 0.3 is 0 Å². The summed E-state index contributed by atoms with van der Waals surface area (Å²) in [6.45, 7) is 11.3. The summed E-state index contributed by atoms with van der Waals surface area (Å²) >= 11 is 0. The monoisotopic (exact) mass is 602 g/mol. The van der Waals surface area contributed by atoms with E-state index in [9.17, 15) is 24.0 Å². The van der Waals surface area contributed by atoms with Gasteiger partial charge in [0.25, 0.3) is 11.8 Å². The molecule has 44 heavy (non-hydrogen) atoms. The van der Waals surface area contributed by atoms with Crippen molar-refractivity contribution in [2.45, 2.75) is 90.7 Å². The van der Waals surface area contributed by atoms with Crippen LogP contribution in [0.25, 0.3) is 0 Å². The van der Waals surface area contributed by atoms with Gasteiger partial charge in [0.2, 0.25) is 17.7 Å². The number of amides is 5. The van der Waals surface area contributed by atoms with Gasteiger partial charge in [-0.25, -0.2) is 0 Å². The quantitative estimate of drug-likeness (QED) is 0.304. The minimum atomic E-state index is -1.05. The van der Waals surface area contributed by atoms with Crippen molar-refractivity contribution in [3.05, 3.63) is 58.1 Å². The van der Waals surface area contributed by atoms with Crippen LogP contribution in [0.5, 0.6) is 5.75 Å². The van der Waals surface area contributed by atoms with Gasteiger partial charge < -0.3 is 15.0 Å². The number of piperidine rings is 2. The molecule has 2 N–H and O–H groups in total. The molecule has 0 spiro atoms. The molecule has 3 heterocycles.